The SMILES string of the molecule is CCCNCc1ccc(Oc2ccc(Cl)c(C)c2)cc1. The molecule has 106 valence electrons. The predicted octanol–water partition coefficient (Wildman–Crippen LogP) is 4.94. The van der Waals surface area contributed by atoms with Crippen molar-refractivity contribution in [3.63, 3.8) is 0 Å². The van der Waals surface area contributed by atoms with Gasteiger partial charge in [0.1, 0.15) is 11.5 Å². The average molecular weight is 290 g/mol. The van der Waals surface area contributed by atoms with Gasteiger partial charge in [0.15, 0.2) is 0 Å². The third kappa shape index (κ3) is 4.26. The summed E-state index contributed by atoms with van der Waals surface area (Å²) in [5.41, 5.74) is 2.28. The van der Waals surface area contributed by atoms with E-state index in [1.165, 1.54) is 5.56 Å². The Hall–Kier alpha value is -1.51. The summed E-state index contributed by atoms with van der Waals surface area (Å²) < 4.78 is 5.82. The zero-order valence-corrected chi connectivity index (χ0v) is 12.7. The van der Waals surface area contributed by atoms with Gasteiger partial charge in [-0.25, -0.2) is 0 Å². The van der Waals surface area contributed by atoms with Gasteiger partial charge in [0, 0.05) is 11.6 Å². The highest BCUT2D eigenvalue weighted by atomic mass is 35.5. The molecule has 0 radical (unpaired) electrons. The number of rotatable bonds is 6. The van der Waals surface area contributed by atoms with Crippen LogP contribution < -0.4 is 10.1 Å². The summed E-state index contributed by atoms with van der Waals surface area (Å²) in [5, 5.41) is 4.14. The number of hydrogen-bond acceptors (Lipinski definition) is 2. The fraction of sp³-hybridized carbons (Fsp3) is 0.294. The van der Waals surface area contributed by atoms with Crippen molar-refractivity contribution in [2.24, 2.45) is 0 Å². The second-order valence-corrected chi connectivity index (χ2v) is 5.24. The Morgan fingerprint density at radius 2 is 1.75 bits per heavy atom. The van der Waals surface area contributed by atoms with Crippen LogP contribution in [0.2, 0.25) is 5.02 Å². The van der Waals surface area contributed by atoms with Crippen LogP contribution in [0.3, 0.4) is 0 Å². The number of ether oxygens (including phenoxy) is 1. The molecule has 0 aliphatic heterocycles. The van der Waals surface area contributed by atoms with Gasteiger partial charge in [-0.15, -0.1) is 0 Å². The monoisotopic (exact) mass is 289 g/mol. The van der Waals surface area contributed by atoms with Crippen LogP contribution in [0.4, 0.5) is 0 Å². The van der Waals surface area contributed by atoms with E-state index in [0.717, 1.165) is 41.6 Å². The maximum absolute atomic E-state index is 6.00. The smallest absolute Gasteiger partial charge is 0.127 e. The fourth-order valence-corrected chi connectivity index (χ4v) is 2.02. The molecule has 2 aromatic carbocycles. The van der Waals surface area contributed by atoms with Crippen LogP contribution in [0.15, 0.2) is 42.5 Å². The lowest BCUT2D eigenvalue weighted by Crippen LogP contribution is -2.13. The molecule has 2 rings (SSSR count). The lowest BCUT2D eigenvalue weighted by Gasteiger charge is -2.08. The Balaban J connectivity index is 1.97. The minimum atomic E-state index is 0.759. The van der Waals surface area contributed by atoms with Gasteiger partial charge in [-0.1, -0.05) is 30.7 Å². The van der Waals surface area contributed by atoms with Gasteiger partial charge in [0.2, 0.25) is 0 Å². The number of nitrogens with one attached hydrogen (secondary N) is 1. The van der Waals surface area contributed by atoms with Crippen LogP contribution in [0.5, 0.6) is 11.5 Å². The molecule has 0 fully saturated rings. The molecule has 0 aromatic heterocycles. The van der Waals surface area contributed by atoms with E-state index >= 15 is 0 Å². The largest absolute Gasteiger partial charge is 0.457 e. The molecule has 0 unspecified atom stereocenters. The highest BCUT2D eigenvalue weighted by molar-refractivity contribution is 6.31. The van der Waals surface area contributed by atoms with Crippen LogP contribution in [-0.4, -0.2) is 6.54 Å². The first kappa shape index (κ1) is 14.9. The third-order valence-corrected chi connectivity index (χ3v) is 3.47. The summed E-state index contributed by atoms with van der Waals surface area (Å²) in [6, 6.07) is 13.8. The second-order valence-electron chi connectivity index (χ2n) is 4.83. The maximum Gasteiger partial charge on any atom is 0.127 e. The number of hydrogen-bond donors (Lipinski definition) is 1. The molecular weight excluding hydrogens is 270 g/mol. The molecule has 0 saturated carbocycles. The van der Waals surface area contributed by atoms with Gasteiger partial charge in [-0.3, -0.25) is 0 Å². The highest BCUT2D eigenvalue weighted by Gasteiger charge is 2.01. The van der Waals surface area contributed by atoms with E-state index < -0.39 is 0 Å². The van der Waals surface area contributed by atoms with Crippen LogP contribution in [0.25, 0.3) is 0 Å². The van der Waals surface area contributed by atoms with Gasteiger partial charge < -0.3 is 10.1 Å². The lowest BCUT2D eigenvalue weighted by atomic mass is 10.2. The molecular formula is C17H20ClNO. The molecule has 0 atom stereocenters. The Morgan fingerprint density at radius 1 is 1.05 bits per heavy atom. The Kier molecular flexibility index (Phi) is 5.45. The number of benzene rings is 2. The summed E-state index contributed by atoms with van der Waals surface area (Å²) >= 11 is 6.00. The molecule has 0 aliphatic rings. The Bertz CT molecular complexity index is 551. The van der Waals surface area contributed by atoms with Gasteiger partial charge in [-0.05, 0) is 61.3 Å². The van der Waals surface area contributed by atoms with E-state index in [2.05, 4.69) is 24.4 Å². The zero-order valence-electron chi connectivity index (χ0n) is 11.9. The van der Waals surface area contributed by atoms with Crippen molar-refractivity contribution in [2.45, 2.75) is 26.8 Å². The number of halogens is 1. The van der Waals surface area contributed by atoms with Crippen molar-refractivity contribution >= 4 is 11.6 Å². The van der Waals surface area contributed by atoms with Crippen molar-refractivity contribution in [3.8, 4) is 11.5 Å². The van der Waals surface area contributed by atoms with Gasteiger partial charge in [0.05, 0.1) is 0 Å². The minimum Gasteiger partial charge on any atom is -0.457 e. The topological polar surface area (TPSA) is 21.3 Å². The molecule has 2 aromatic rings. The highest BCUT2D eigenvalue weighted by Crippen LogP contribution is 2.26. The lowest BCUT2D eigenvalue weighted by molar-refractivity contribution is 0.482. The number of aryl methyl sites for hydroxylation is 1. The van der Waals surface area contributed by atoms with Crippen LogP contribution in [0.1, 0.15) is 24.5 Å². The summed E-state index contributed by atoms with van der Waals surface area (Å²) in [7, 11) is 0. The molecule has 0 heterocycles. The van der Waals surface area contributed by atoms with Crippen molar-refractivity contribution in [1.29, 1.82) is 0 Å². The van der Waals surface area contributed by atoms with E-state index in [4.69, 9.17) is 16.3 Å². The van der Waals surface area contributed by atoms with Gasteiger partial charge in [-0.2, -0.15) is 0 Å². The second kappa shape index (κ2) is 7.32. The molecule has 2 nitrogen and oxygen atoms in total. The minimum absolute atomic E-state index is 0.759. The molecule has 0 amide bonds. The van der Waals surface area contributed by atoms with E-state index in [9.17, 15) is 0 Å². The Labute approximate surface area is 125 Å². The summed E-state index contributed by atoms with van der Waals surface area (Å²) in [6.45, 7) is 6.08. The predicted molar refractivity (Wildman–Crippen MR) is 84.7 cm³/mol. The van der Waals surface area contributed by atoms with Gasteiger partial charge in [0.25, 0.3) is 0 Å². The fourth-order valence-electron chi connectivity index (χ4n) is 1.90. The molecule has 0 spiro atoms. The first-order valence-electron chi connectivity index (χ1n) is 6.92. The first-order valence-corrected chi connectivity index (χ1v) is 7.30. The van der Waals surface area contributed by atoms with Crippen LogP contribution in [-0.2, 0) is 6.54 Å². The summed E-state index contributed by atoms with van der Waals surface area (Å²) in [5.74, 6) is 1.65. The van der Waals surface area contributed by atoms with Crippen molar-refractivity contribution in [3.05, 3.63) is 58.6 Å². The maximum atomic E-state index is 6.00. The van der Waals surface area contributed by atoms with E-state index in [1.807, 2.05) is 37.3 Å². The van der Waals surface area contributed by atoms with Gasteiger partial charge >= 0.3 is 0 Å². The summed E-state index contributed by atoms with van der Waals surface area (Å²) in [6.07, 6.45) is 1.15. The molecule has 0 bridgehead atoms. The zero-order chi connectivity index (χ0) is 14.4. The van der Waals surface area contributed by atoms with Crippen molar-refractivity contribution in [2.75, 3.05) is 6.54 Å². The molecule has 20 heavy (non-hydrogen) atoms. The van der Waals surface area contributed by atoms with Crippen LogP contribution >= 0.6 is 11.6 Å². The average Bonchev–Trinajstić information content (AvgIpc) is 2.45. The standard InChI is InChI=1S/C17H20ClNO/c1-3-10-19-12-14-4-6-15(7-5-14)20-16-8-9-17(18)13(2)11-16/h4-9,11,19H,3,10,12H2,1-2H3. The van der Waals surface area contributed by atoms with Crippen LogP contribution in [0, 0.1) is 6.92 Å². The van der Waals surface area contributed by atoms with E-state index in [-0.39, 0.29) is 0 Å². The normalized spacial score (nSPS) is 10.6. The van der Waals surface area contributed by atoms with Crippen molar-refractivity contribution in [1.82, 2.24) is 5.32 Å². The Morgan fingerprint density at radius 3 is 2.40 bits per heavy atom. The van der Waals surface area contributed by atoms with E-state index in [1.54, 1.807) is 0 Å². The molecule has 1 N–H and O–H groups in total. The molecule has 0 saturated heterocycles. The molecule has 0 aliphatic carbocycles. The quantitative estimate of drug-likeness (QED) is 0.761. The third-order valence-electron chi connectivity index (χ3n) is 3.04. The first-order chi connectivity index (χ1) is 9.69. The summed E-state index contributed by atoms with van der Waals surface area (Å²) in [4.78, 5) is 0. The molecule has 3 heteroatoms. The van der Waals surface area contributed by atoms with E-state index in [0.29, 0.717) is 0 Å². The van der Waals surface area contributed by atoms with Crippen molar-refractivity contribution < 1.29 is 4.74 Å².